The van der Waals surface area contributed by atoms with Gasteiger partial charge in [-0.1, -0.05) is 0 Å². The molecule has 0 aliphatic rings. The summed E-state index contributed by atoms with van der Waals surface area (Å²) in [5.41, 5.74) is 0.903. The first-order valence-corrected chi connectivity index (χ1v) is 5.05. The Balaban J connectivity index is 2.95. The van der Waals surface area contributed by atoms with Crippen LogP contribution in [0.4, 0.5) is 5.69 Å². The van der Waals surface area contributed by atoms with Gasteiger partial charge in [0, 0.05) is 12.8 Å². The number of carboxylic acids is 1. The van der Waals surface area contributed by atoms with Gasteiger partial charge in [-0.2, -0.15) is 10.5 Å². The zero-order chi connectivity index (χ0) is 13.5. The van der Waals surface area contributed by atoms with E-state index in [1.807, 2.05) is 12.1 Å². The molecule has 1 rings (SSSR count). The van der Waals surface area contributed by atoms with E-state index in [9.17, 15) is 4.79 Å². The number of nitrogens with zero attached hydrogens (tertiary/aromatic N) is 2. The van der Waals surface area contributed by atoms with Gasteiger partial charge >= 0.3 is 5.97 Å². The fourth-order valence-corrected chi connectivity index (χ4v) is 1.37. The molecule has 0 saturated heterocycles. The first-order valence-electron chi connectivity index (χ1n) is 5.05. The molecular weight excluding hydrogens is 234 g/mol. The molecule has 18 heavy (non-hydrogen) atoms. The molecule has 0 bridgehead atoms. The predicted octanol–water partition coefficient (Wildman–Crippen LogP) is 0.941. The number of nitriles is 2. The van der Waals surface area contributed by atoms with E-state index in [-0.39, 0.29) is 17.7 Å². The smallest absolute Gasteiger partial charge is 0.328 e. The number of carboxylic acid groups (broad SMARTS) is 1. The van der Waals surface area contributed by atoms with E-state index in [0.717, 1.165) is 0 Å². The lowest BCUT2D eigenvalue weighted by Gasteiger charge is -2.15. The van der Waals surface area contributed by atoms with E-state index in [4.69, 9.17) is 20.4 Å². The van der Waals surface area contributed by atoms with Crippen molar-refractivity contribution in [2.45, 2.75) is 6.04 Å². The number of carbonyl (C=O) groups is 1. The van der Waals surface area contributed by atoms with Crippen LogP contribution in [-0.4, -0.2) is 30.8 Å². The second kappa shape index (κ2) is 6.24. The lowest BCUT2D eigenvalue weighted by Crippen LogP contribution is -2.33. The van der Waals surface area contributed by atoms with Crippen molar-refractivity contribution in [2.24, 2.45) is 0 Å². The average Bonchev–Trinajstić information content (AvgIpc) is 2.37. The molecule has 0 aliphatic heterocycles. The number of hydrogen-bond donors (Lipinski definition) is 2. The van der Waals surface area contributed by atoms with Crippen LogP contribution in [-0.2, 0) is 9.53 Å². The maximum absolute atomic E-state index is 10.9. The van der Waals surface area contributed by atoms with E-state index in [1.165, 1.54) is 19.2 Å². The van der Waals surface area contributed by atoms with Crippen molar-refractivity contribution in [1.82, 2.24) is 0 Å². The first kappa shape index (κ1) is 13.5. The Kier molecular flexibility index (Phi) is 4.67. The summed E-state index contributed by atoms with van der Waals surface area (Å²) in [5, 5.41) is 29.3. The molecule has 0 aromatic heterocycles. The SMILES string of the molecule is COCC(Nc1ccc(C#N)c(C#N)c1)C(=O)O. The highest BCUT2D eigenvalue weighted by atomic mass is 16.5. The van der Waals surface area contributed by atoms with Gasteiger partial charge in [-0.3, -0.25) is 0 Å². The molecule has 2 N–H and O–H groups in total. The number of methoxy groups -OCH3 is 1. The summed E-state index contributed by atoms with van der Waals surface area (Å²) in [6.07, 6.45) is 0. The highest BCUT2D eigenvalue weighted by Crippen LogP contribution is 2.15. The summed E-state index contributed by atoms with van der Waals surface area (Å²) in [5.74, 6) is -1.06. The van der Waals surface area contributed by atoms with Crippen LogP contribution < -0.4 is 5.32 Å². The quantitative estimate of drug-likeness (QED) is 0.799. The number of nitrogens with one attached hydrogen (secondary N) is 1. The van der Waals surface area contributed by atoms with Crippen LogP contribution in [0, 0.1) is 22.7 Å². The minimum absolute atomic E-state index is 0.00276. The van der Waals surface area contributed by atoms with Crippen molar-refractivity contribution in [3.8, 4) is 12.1 Å². The standard InChI is InChI=1S/C12H11N3O3/c1-18-7-11(12(16)17)15-10-3-2-8(5-13)9(4-10)6-14/h2-4,11,15H,7H2,1H3,(H,16,17). The van der Waals surface area contributed by atoms with Crippen molar-refractivity contribution < 1.29 is 14.6 Å². The topological polar surface area (TPSA) is 106 Å². The van der Waals surface area contributed by atoms with Gasteiger partial charge in [-0.15, -0.1) is 0 Å². The van der Waals surface area contributed by atoms with Crippen molar-refractivity contribution in [3.05, 3.63) is 29.3 Å². The molecule has 1 atom stereocenters. The molecule has 1 unspecified atom stereocenters. The largest absolute Gasteiger partial charge is 0.480 e. The van der Waals surface area contributed by atoms with Gasteiger partial charge in [-0.05, 0) is 18.2 Å². The van der Waals surface area contributed by atoms with Crippen LogP contribution in [0.5, 0.6) is 0 Å². The molecular formula is C12H11N3O3. The van der Waals surface area contributed by atoms with Crippen LogP contribution >= 0.6 is 0 Å². The molecule has 0 saturated carbocycles. The maximum atomic E-state index is 10.9. The van der Waals surface area contributed by atoms with Gasteiger partial charge < -0.3 is 15.2 Å². The average molecular weight is 245 g/mol. The Hall–Kier alpha value is -2.57. The van der Waals surface area contributed by atoms with Crippen molar-refractivity contribution in [2.75, 3.05) is 19.0 Å². The molecule has 6 heteroatoms. The Morgan fingerprint density at radius 2 is 2.11 bits per heavy atom. The summed E-state index contributed by atoms with van der Waals surface area (Å²) in [6, 6.07) is 7.30. The van der Waals surface area contributed by atoms with E-state index in [0.29, 0.717) is 5.69 Å². The highest BCUT2D eigenvalue weighted by molar-refractivity contribution is 5.77. The fraction of sp³-hybridized carbons (Fsp3) is 0.250. The summed E-state index contributed by atoms with van der Waals surface area (Å²) >= 11 is 0. The van der Waals surface area contributed by atoms with Gasteiger partial charge in [0.1, 0.15) is 18.2 Å². The van der Waals surface area contributed by atoms with Gasteiger partial charge in [-0.25, -0.2) is 4.79 Å². The van der Waals surface area contributed by atoms with Crippen molar-refractivity contribution in [3.63, 3.8) is 0 Å². The van der Waals surface area contributed by atoms with E-state index in [1.54, 1.807) is 6.07 Å². The monoisotopic (exact) mass is 245 g/mol. The second-order valence-corrected chi connectivity index (χ2v) is 3.47. The molecule has 0 amide bonds. The Morgan fingerprint density at radius 1 is 1.44 bits per heavy atom. The van der Waals surface area contributed by atoms with Gasteiger partial charge in [0.05, 0.1) is 17.7 Å². The zero-order valence-electron chi connectivity index (χ0n) is 9.67. The molecule has 0 aliphatic carbocycles. The minimum atomic E-state index is -1.06. The molecule has 0 radical (unpaired) electrons. The molecule has 0 fully saturated rings. The molecule has 1 aromatic rings. The van der Waals surface area contributed by atoms with E-state index >= 15 is 0 Å². The van der Waals surface area contributed by atoms with E-state index in [2.05, 4.69) is 5.32 Å². The van der Waals surface area contributed by atoms with Crippen LogP contribution in [0.15, 0.2) is 18.2 Å². The number of aliphatic carboxylic acids is 1. The lowest BCUT2D eigenvalue weighted by molar-refractivity contribution is -0.139. The van der Waals surface area contributed by atoms with Gasteiger partial charge in [0.15, 0.2) is 0 Å². The normalized spacial score (nSPS) is 11.1. The second-order valence-electron chi connectivity index (χ2n) is 3.47. The molecule has 92 valence electrons. The third kappa shape index (κ3) is 3.21. The summed E-state index contributed by atoms with van der Waals surface area (Å²) < 4.78 is 4.78. The third-order valence-electron chi connectivity index (χ3n) is 2.23. The zero-order valence-corrected chi connectivity index (χ0v) is 9.67. The van der Waals surface area contributed by atoms with Gasteiger partial charge in [0.25, 0.3) is 0 Å². The van der Waals surface area contributed by atoms with Crippen molar-refractivity contribution in [1.29, 1.82) is 10.5 Å². The molecule has 0 spiro atoms. The Labute approximate surface area is 104 Å². The Morgan fingerprint density at radius 3 is 2.61 bits per heavy atom. The van der Waals surface area contributed by atoms with Gasteiger partial charge in [0.2, 0.25) is 0 Å². The van der Waals surface area contributed by atoms with Crippen molar-refractivity contribution >= 4 is 11.7 Å². The first-order chi connectivity index (χ1) is 8.62. The van der Waals surface area contributed by atoms with Crippen LogP contribution in [0.3, 0.4) is 0 Å². The molecule has 0 heterocycles. The van der Waals surface area contributed by atoms with Crippen LogP contribution in [0.1, 0.15) is 11.1 Å². The fourth-order valence-electron chi connectivity index (χ4n) is 1.37. The lowest BCUT2D eigenvalue weighted by atomic mass is 10.1. The third-order valence-corrected chi connectivity index (χ3v) is 2.23. The predicted molar refractivity (Wildman–Crippen MR) is 62.8 cm³/mol. The summed E-state index contributed by atoms with van der Waals surface area (Å²) in [6.45, 7) is -0.00276. The summed E-state index contributed by atoms with van der Waals surface area (Å²) in [4.78, 5) is 10.9. The van der Waals surface area contributed by atoms with Crippen LogP contribution in [0.25, 0.3) is 0 Å². The minimum Gasteiger partial charge on any atom is -0.480 e. The molecule has 1 aromatic carbocycles. The summed E-state index contributed by atoms with van der Waals surface area (Å²) in [7, 11) is 1.40. The number of hydrogen-bond acceptors (Lipinski definition) is 5. The number of rotatable bonds is 5. The highest BCUT2D eigenvalue weighted by Gasteiger charge is 2.17. The Bertz CT molecular complexity index is 528. The number of ether oxygens (including phenoxy) is 1. The van der Waals surface area contributed by atoms with Crippen LogP contribution in [0.2, 0.25) is 0 Å². The molecule has 6 nitrogen and oxygen atoms in total. The maximum Gasteiger partial charge on any atom is 0.328 e. The number of benzene rings is 1. The van der Waals surface area contributed by atoms with E-state index < -0.39 is 12.0 Å². The number of anilines is 1.